The Morgan fingerprint density at radius 3 is 3.00 bits per heavy atom. The van der Waals surface area contributed by atoms with E-state index >= 15 is 0 Å². The molecule has 6 nitrogen and oxygen atoms in total. The second kappa shape index (κ2) is 5.66. The molecule has 2 heterocycles. The van der Waals surface area contributed by atoms with Crippen LogP contribution in [0.5, 0.6) is 0 Å². The van der Waals surface area contributed by atoms with E-state index in [2.05, 4.69) is 15.3 Å². The van der Waals surface area contributed by atoms with E-state index in [1.165, 1.54) is 12.3 Å². The van der Waals surface area contributed by atoms with Crippen LogP contribution in [0.1, 0.15) is 28.2 Å². The van der Waals surface area contributed by atoms with Crippen LogP contribution >= 0.6 is 11.3 Å². The number of nitrogen functional groups attached to an aromatic ring is 1. The molecule has 0 aliphatic carbocycles. The predicted molar refractivity (Wildman–Crippen MR) is 74.6 cm³/mol. The first kappa shape index (κ1) is 13.3. The molecule has 19 heavy (non-hydrogen) atoms. The first-order valence-corrected chi connectivity index (χ1v) is 6.58. The SMILES string of the molecule is CC(CNc1ncc(N)cc1C(=O)O)c1nccs1. The van der Waals surface area contributed by atoms with Gasteiger partial charge in [0.25, 0.3) is 0 Å². The van der Waals surface area contributed by atoms with Gasteiger partial charge in [-0.15, -0.1) is 11.3 Å². The summed E-state index contributed by atoms with van der Waals surface area (Å²) >= 11 is 1.57. The quantitative estimate of drug-likeness (QED) is 0.773. The Morgan fingerprint density at radius 2 is 2.37 bits per heavy atom. The van der Waals surface area contributed by atoms with Gasteiger partial charge in [0.05, 0.1) is 16.9 Å². The standard InChI is InChI=1S/C12H14N4O2S/c1-7(11-14-2-3-19-11)5-15-10-9(12(17)18)4-8(13)6-16-10/h2-4,6-7H,5,13H2,1H3,(H,15,16)(H,17,18). The van der Waals surface area contributed by atoms with Crippen molar-refractivity contribution in [3.63, 3.8) is 0 Å². The molecule has 0 saturated carbocycles. The lowest BCUT2D eigenvalue weighted by Gasteiger charge is -2.12. The van der Waals surface area contributed by atoms with Gasteiger partial charge in [0.2, 0.25) is 0 Å². The van der Waals surface area contributed by atoms with Crippen molar-refractivity contribution in [2.24, 2.45) is 0 Å². The summed E-state index contributed by atoms with van der Waals surface area (Å²) in [6.45, 7) is 2.58. The number of thiazole rings is 1. The number of nitrogens with zero attached hydrogens (tertiary/aromatic N) is 2. The van der Waals surface area contributed by atoms with E-state index in [9.17, 15) is 4.79 Å². The minimum atomic E-state index is -1.05. The van der Waals surface area contributed by atoms with Gasteiger partial charge in [-0.2, -0.15) is 0 Å². The van der Waals surface area contributed by atoms with E-state index in [1.807, 2.05) is 12.3 Å². The van der Waals surface area contributed by atoms with Crippen LogP contribution in [0.25, 0.3) is 0 Å². The van der Waals surface area contributed by atoms with E-state index in [0.717, 1.165) is 5.01 Å². The highest BCUT2D eigenvalue weighted by atomic mass is 32.1. The molecule has 4 N–H and O–H groups in total. The second-order valence-electron chi connectivity index (χ2n) is 4.12. The fourth-order valence-electron chi connectivity index (χ4n) is 1.60. The first-order chi connectivity index (χ1) is 9.08. The number of pyridine rings is 1. The van der Waals surface area contributed by atoms with Crippen LogP contribution in [0.2, 0.25) is 0 Å². The summed E-state index contributed by atoms with van der Waals surface area (Å²) < 4.78 is 0. The number of nitrogens with one attached hydrogen (secondary N) is 1. The number of rotatable bonds is 5. The fraction of sp³-hybridized carbons (Fsp3) is 0.250. The predicted octanol–water partition coefficient (Wildman–Crippen LogP) is 2.03. The van der Waals surface area contributed by atoms with Gasteiger partial charge < -0.3 is 16.2 Å². The Kier molecular flexibility index (Phi) is 3.96. The van der Waals surface area contributed by atoms with Crippen LogP contribution in [0.3, 0.4) is 0 Å². The Balaban J connectivity index is 2.09. The maximum absolute atomic E-state index is 11.1. The van der Waals surface area contributed by atoms with Gasteiger partial charge >= 0.3 is 5.97 Å². The van der Waals surface area contributed by atoms with E-state index in [0.29, 0.717) is 18.1 Å². The molecule has 0 fully saturated rings. The Hall–Kier alpha value is -2.15. The molecule has 0 radical (unpaired) electrons. The lowest BCUT2D eigenvalue weighted by atomic mass is 10.2. The van der Waals surface area contributed by atoms with Crippen molar-refractivity contribution in [2.75, 3.05) is 17.6 Å². The van der Waals surface area contributed by atoms with E-state index in [-0.39, 0.29) is 11.5 Å². The lowest BCUT2D eigenvalue weighted by Crippen LogP contribution is -2.14. The molecule has 2 aromatic rings. The summed E-state index contributed by atoms with van der Waals surface area (Å²) in [6, 6.07) is 1.39. The number of aromatic nitrogens is 2. The zero-order valence-corrected chi connectivity index (χ0v) is 11.1. The molecule has 7 heteroatoms. The first-order valence-electron chi connectivity index (χ1n) is 5.70. The summed E-state index contributed by atoms with van der Waals surface area (Å²) in [4.78, 5) is 19.3. The molecule has 2 rings (SSSR count). The molecule has 0 bridgehead atoms. The van der Waals surface area contributed by atoms with Gasteiger partial charge in [-0.3, -0.25) is 0 Å². The van der Waals surface area contributed by atoms with E-state index in [1.54, 1.807) is 17.5 Å². The van der Waals surface area contributed by atoms with Crippen molar-refractivity contribution < 1.29 is 9.90 Å². The maximum Gasteiger partial charge on any atom is 0.339 e. The maximum atomic E-state index is 11.1. The lowest BCUT2D eigenvalue weighted by molar-refractivity contribution is 0.0697. The number of hydrogen-bond donors (Lipinski definition) is 3. The molecule has 0 aliphatic rings. The largest absolute Gasteiger partial charge is 0.478 e. The molecule has 0 amide bonds. The summed E-state index contributed by atoms with van der Waals surface area (Å²) in [5, 5.41) is 15.0. The van der Waals surface area contributed by atoms with Crippen molar-refractivity contribution in [2.45, 2.75) is 12.8 Å². The highest BCUT2D eigenvalue weighted by Gasteiger charge is 2.14. The number of carboxylic acid groups (broad SMARTS) is 1. The molecular formula is C12H14N4O2S. The summed E-state index contributed by atoms with van der Waals surface area (Å²) in [6.07, 6.45) is 3.18. The van der Waals surface area contributed by atoms with Gasteiger partial charge in [0.15, 0.2) is 0 Å². The van der Waals surface area contributed by atoms with Crippen molar-refractivity contribution in [1.29, 1.82) is 0 Å². The molecule has 1 unspecified atom stereocenters. The molecule has 0 spiro atoms. The molecule has 1 atom stereocenters. The average Bonchev–Trinajstić information content (AvgIpc) is 2.90. The number of carboxylic acids is 1. The minimum absolute atomic E-state index is 0.0753. The Morgan fingerprint density at radius 1 is 1.58 bits per heavy atom. The van der Waals surface area contributed by atoms with Crippen molar-refractivity contribution >= 4 is 28.8 Å². The highest BCUT2D eigenvalue weighted by Crippen LogP contribution is 2.20. The monoisotopic (exact) mass is 278 g/mol. The molecule has 0 saturated heterocycles. The number of nitrogens with two attached hydrogens (primary N) is 1. The number of hydrogen-bond acceptors (Lipinski definition) is 6. The van der Waals surface area contributed by atoms with Crippen molar-refractivity contribution in [3.05, 3.63) is 34.4 Å². The number of carbonyl (C=O) groups is 1. The van der Waals surface area contributed by atoms with Crippen LogP contribution in [-0.4, -0.2) is 27.6 Å². The Labute approximate surface area is 114 Å². The third kappa shape index (κ3) is 3.19. The van der Waals surface area contributed by atoms with Crippen molar-refractivity contribution in [1.82, 2.24) is 9.97 Å². The van der Waals surface area contributed by atoms with Gasteiger partial charge in [-0.1, -0.05) is 6.92 Å². The van der Waals surface area contributed by atoms with Gasteiger partial charge in [-0.05, 0) is 6.07 Å². The smallest absolute Gasteiger partial charge is 0.339 e. The zero-order valence-electron chi connectivity index (χ0n) is 10.3. The summed E-state index contributed by atoms with van der Waals surface area (Å²) in [5.41, 5.74) is 5.94. The van der Waals surface area contributed by atoms with E-state index in [4.69, 9.17) is 10.8 Å². The molecule has 0 aliphatic heterocycles. The average molecular weight is 278 g/mol. The summed E-state index contributed by atoms with van der Waals surface area (Å²) in [5.74, 6) is -0.546. The number of aromatic carboxylic acids is 1. The van der Waals surface area contributed by atoms with Crippen LogP contribution < -0.4 is 11.1 Å². The zero-order chi connectivity index (χ0) is 13.8. The van der Waals surface area contributed by atoms with Gasteiger partial charge in [-0.25, -0.2) is 14.8 Å². The number of anilines is 2. The van der Waals surface area contributed by atoms with Gasteiger partial charge in [0.1, 0.15) is 11.4 Å². The minimum Gasteiger partial charge on any atom is -0.478 e. The molecule has 100 valence electrons. The van der Waals surface area contributed by atoms with Gasteiger partial charge in [0, 0.05) is 24.0 Å². The molecule has 2 aromatic heterocycles. The van der Waals surface area contributed by atoms with Crippen molar-refractivity contribution in [3.8, 4) is 0 Å². The van der Waals surface area contributed by atoms with Crippen LogP contribution in [0.15, 0.2) is 23.8 Å². The molecule has 0 aromatic carbocycles. The second-order valence-corrected chi connectivity index (χ2v) is 5.05. The van der Waals surface area contributed by atoms with Crippen LogP contribution in [-0.2, 0) is 0 Å². The highest BCUT2D eigenvalue weighted by molar-refractivity contribution is 7.09. The normalized spacial score (nSPS) is 12.1. The topological polar surface area (TPSA) is 101 Å². The van der Waals surface area contributed by atoms with Crippen LogP contribution in [0.4, 0.5) is 11.5 Å². The van der Waals surface area contributed by atoms with Crippen LogP contribution in [0, 0.1) is 0 Å². The third-order valence-corrected chi connectivity index (χ3v) is 3.60. The third-order valence-electron chi connectivity index (χ3n) is 2.59. The fourth-order valence-corrected chi connectivity index (χ4v) is 2.30. The molecular weight excluding hydrogens is 264 g/mol. The van der Waals surface area contributed by atoms with E-state index < -0.39 is 5.97 Å². The summed E-state index contributed by atoms with van der Waals surface area (Å²) in [7, 11) is 0. The Bertz CT molecular complexity index is 571.